The van der Waals surface area contributed by atoms with E-state index < -0.39 is 0 Å². The van der Waals surface area contributed by atoms with E-state index >= 15 is 0 Å². The molecule has 0 aliphatic heterocycles. The zero-order valence-electron chi connectivity index (χ0n) is 7.06. The van der Waals surface area contributed by atoms with Crippen molar-refractivity contribution < 1.29 is 5.11 Å². The average Bonchev–Trinajstić information content (AvgIpc) is 2.68. The normalized spacial score (nSPS) is 24.3. The Kier molecular flexibility index (Phi) is 2.35. The summed E-state index contributed by atoms with van der Waals surface area (Å²) in [7, 11) is 0. The topological polar surface area (TPSA) is 20.2 Å². The molecular formula is C9H18O. The van der Waals surface area contributed by atoms with Crippen molar-refractivity contribution in [1.29, 1.82) is 0 Å². The molecule has 1 fully saturated rings. The van der Waals surface area contributed by atoms with Crippen LogP contribution in [0.2, 0.25) is 0 Å². The zero-order valence-corrected chi connectivity index (χ0v) is 7.06. The largest absolute Gasteiger partial charge is 0.396 e. The first kappa shape index (κ1) is 8.06. The number of aliphatic hydroxyl groups excluding tert-OH is 1. The van der Waals surface area contributed by atoms with E-state index in [1.165, 1.54) is 25.7 Å². The van der Waals surface area contributed by atoms with Crippen LogP contribution in [0.3, 0.4) is 0 Å². The van der Waals surface area contributed by atoms with Crippen molar-refractivity contribution in [1.82, 2.24) is 0 Å². The Morgan fingerprint density at radius 2 is 2.10 bits per heavy atom. The summed E-state index contributed by atoms with van der Waals surface area (Å²) >= 11 is 0. The van der Waals surface area contributed by atoms with E-state index in [4.69, 9.17) is 5.11 Å². The number of hydrogen-bond donors (Lipinski definition) is 1. The van der Waals surface area contributed by atoms with Gasteiger partial charge in [-0.3, -0.25) is 0 Å². The van der Waals surface area contributed by atoms with Crippen molar-refractivity contribution in [2.45, 2.75) is 39.5 Å². The molecule has 1 N–H and O–H groups in total. The van der Waals surface area contributed by atoms with Gasteiger partial charge in [0.25, 0.3) is 0 Å². The molecule has 0 aromatic carbocycles. The van der Waals surface area contributed by atoms with Gasteiger partial charge in [-0.2, -0.15) is 0 Å². The number of hydrogen-bond acceptors (Lipinski definition) is 1. The van der Waals surface area contributed by atoms with Crippen molar-refractivity contribution in [3.8, 4) is 0 Å². The molecule has 0 aromatic rings. The van der Waals surface area contributed by atoms with Gasteiger partial charge in [0.15, 0.2) is 0 Å². The lowest BCUT2D eigenvalue weighted by atomic mass is 9.88. The Bertz CT molecular complexity index is 105. The van der Waals surface area contributed by atoms with Crippen molar-refractivity contribution in [3.63, 3.8) is 0 Å². The lowest BCUT2D eigenvalue weighted by Gasteiger charge is -2.19. The first-order valence-corrected chi connectivity index (χ1v) is 4.36. The molecule has 0 radical (unpaired) electrons. The van der Waals surface area contributed by atoms with E-state index in [2.05, 4.69) is 13.8 Å². The van der Waals surface area contributed by atoms with E-state index in [-0.39, 0.29) is 0 Å². The van der Waals surface area contributed by atoms with Gasteiger partial charge in [0, 0.05) is 6.61 Å². The lowest BCUT2D eigenvalue weighted by molar-refractivity contribution is 0.157. The summed E-state index contributed by atoms with van der Waals surface area (Å²) in [4.78, 5) is 0. The minimum Gasteiger partial charge on any atom is -0.396 e. The molecule has 1 aliphatic carbocycles. The van der Waals surface area contributed by atoms with Gasteiger partial charge in [0.2, 0.25) is 0 Å². The molecule has 0 aromatic heterocycles. The van der Waals surface area contributed by atoms with E-state index in [1.54, 1.807) is 0 Å². The SMILES string of the molecule is CCCC(C)C1(CO)CC1. The third-order valence-corrected chi connectivity index (χ3v) is 2.97. The molecule has 60 valence electrons. The second-order valence-electron chi connectivity index (χ2n) is 3.71. The van der Waals surface area contributed by atoms with Crippen LogP contribution in [0.25, 0.3) is 0 Å². The van der Waals surface area contributed by atoms with Crippen molar-refractivity contribution in [3.05, 3.63) is 0 Å². The summed E-state index contributed by atoms with van der Waals surface area (Å²) in [5.74, 6) is 0.738. The predicted molar refractivity (Wildman–Crippen MR) is 42.8 cm³/mol. The molecule has 1 nitrogen and oxygen atoms in total. The van der Waals surface area contributed by atoms with Crippen molar-refractivity contribution in [2.75, 3.05) is 6.61 Å². The van der Waals surface area contributed by atoms with Crippen LogP contribution in [-0.4, -0.2) is 11.7 Å². The second kappa shape index (κ2) is 2.91. The van der Waals surface area contributed by atoms with Gasteiger partial charge < -0.3 is 5.11 Å². The van der Waals surface area contributed by atoms with Gasteiger partial charge in [0.05, 0.1) is 0 Å². The summed E-state index contributed by atoms with van der Waals surface area (Å²) in [6, 6.07) is 0. The molecule has 0 spiro atoms. The van der Waals surface area contributed by atoms with E-state index in [9.17, 15) is 0 Å². The molecular weight excluding hydrogens is 124 g/mol. The molecule has 0 amide bonds. The van der Waals surface area contributed by atoms with Crippen LogP contribution in [0.1, 0.15) is 39.5 Å². The smallest absolute Gasteiger partial charge is 0.0489 e. The van der Waals surface area contributed by atoms with Crippen LogP contribution >= 0.6 is 0 Å². The third-order valence-electron chi connectivity index (χ3n) is 2.97. The first-order valence-electron chi connectivity index (χ1n) is 4.36. The summed E-state index contributed by atoms with van der Waals surface area (Å²) in [6.45, 7) is 4.89. The molecule has 1 atom stereocenters. The fourth-order valence-electron chi connectivity index (χ4n) is 1.71. The maximum atomic E-state index is 9.05. The first-order chi connectivity index (χ1) is 4.75. The Labute approximate surface area is 63.4 Å². The molecule has 0 bridgehead atoms. The van der Waals surface area contributed by atoms with Gasteiger partial charge in [-0.25, -0.2) is 0 Å². The van der Waals surface area contributed by atoms with E-state index in [1.807, 2.05) is 0 Å². The summed E-state index contributed by atoms with van der Waals surface area (Å²) in [5, 5.41) is 9.05. The Morgan fingerprint density at radius 3 is 2.40 bits per heavy atom. The van der Waals surface area contributed by atoms with Gasteiger partial charge in [0.1, 0.15) is 0 Å². The van der Waals surface area contributed by atoms with Gasteiger partial charge in [-0.05, 0) is 24.2 Å². The van der Waals surface area contributed by atoms with Gasteiger partial charge in [-0.15, -0.1) is 0 Å². The highest BCUT2D eigenvalue weighted by Crippen LogP contribution is 2.52. The maximum absolute atomic E-state index is 9.05. The third kappa shape index (κ3) is 1.34. The van der Waals surface area contributed by atoms with Crippen LogP contribution < -0.4 is 0 Å². The van der Waals surface area contributed by atoms with E-state index in [0.717, 1.165) is 5.92 Å². The summed E-state index contributed by atoms with van der Waals surface area (Å²) in [5.41, 5.74) is 0.357. The summed E-state index contributed by atoms with van der Waals surface area (Å²) in [6.07, 6.45) is 5.04. The standard InChI is InChI=1S/C9H18O/c1-3-4-8(2)9(7-10)5-6-9/h8,10H,3-7H2,1-2H3. The molecule has 1 saturated carbocycles. The average molecular weight is 142 g/mol. The van der Waals surface area contributed by atoms with Gasteiger partial charge >= 0.3 is 0 Å². The monoisotopic (exact) mass is 142 g/mol. The van der Waals surface area contributed by atoms with Crippen molar-refractivity contribution in [2.24, 2.45) is 11.3 Å². The molecule has 10 heavy (non-hydrogen) atoms. The van der Waals surface area contributed by atoms with Crippen LogP contribution in [0.4, 0.5) is 0 Å². The maximum Gasteiger partial charge on any atom is 0.0489 e. The highest BCUT2D eigenvalue weighted by Gasteiger charge is 2.45. The molecule has 0 saturated heterocycles. The van der Waals surface area contributed by atoms with E-state index in [0.29, 0.717) is 12.0 Å². The predicted octanol–water partition coefficient (Wildman–Crippen LogP) is 2.20. The molecule has 1 rings (SSSR count). The highest BCUT2D eigenvalue weighted by molar-refractivity contribution is 4.95. The Balaban J connectivity index is 2.32. The summed E-state index contributed by atoms with van der Waals surface area (Å²) < 4.78 is 0. The highest BCUT2D eigenvalue weighted by atomic mass is 16.3. The Morgan fingerprint density at radius 1 is 1.50 bits per heavy atom. The van der Waals surface area contributed by atoms with Crippen molar-refractivity contribution >= 4 is 0 Å². The second-order valence-corrected chi connectivity index (χ2v) is 3.71. The van der Waals surface area contributed by atoms with Crippen LogP contribution in [-0.2, 0) is 0 Å². The molecule has 1 heteroatoms. The zero-order chi connectivity index (χ0) is 7.61. The minimum absolute atomic E-state index is 0.357. The van der Waals surface area contributed by atoms with Crippen LogP contribution in [0, 0.1) is 11.3 Å². The minimum atomic E-state index is 0.357. The lowest BCUT2D eigenvalue weighted by Crippen LogP contribution is -2.16. The number of aliphatic hydroxyl groups is 1. The van der Waals surface area contributed by atoms with Gasteiger partial charge in [-0.1, -0.05) is 26.7 Å². The van der Waals surface area contributed by atoms with Crippen LogP contribution in [0.15, 0.2) is 0 Å². The van der Waals surface area contributed by atoms with Crippen LogP contribution in [0.5, 0.6) is 0 Å². The Hall–Kier alpha value is -0.0400. The molecule has 1 aliphatic rings. The quantitative estimate of drug-likeness (QED) is 0.638. The fraction of sp³-hybridized carbons (Fsp3) is 1.00. The molecule has 0 heterocycles. The number of rotatable bonds is 4. The fourth-order valence-corrected chi connectivity index (χ4v) is 1.71. The molecule has 1 unspecified atom stereocenters.